The molecule has 0 atom stereocenters. The quantitative estimate of drug-likeness (QED) is 0.141. The fraction of sp³-hybridized carbons (Fsp3) is 0.278. The molecule has 0 N–H and O–H groups in total. The van der Waals surface area contributed by atoms with Crippen LogP contribution in [0.1, 0.15) is 218 Å². The predicted octanol–water partition coefficient (Wildman–Crippen LogP) is 27.7. The topological polar surface area (TPSA) is 11.4 Å². The van der Waals surface area contributed by atoms with E-state index in [1.807, 2.05) is 0 Å². The summed E-state index contributed by atoms with van der Waals surface area (Å²) in [6.45, 7) is 49.0. The lowest BCUT2D eigenvalue weighted by Gasteiger charge is -2.46. The normalized spacial score (nSPS) is 14.0. The zero-order chi connectivity index (χ0) is 78.8. The van der Waals surface area contributed by atoms with E-state index in [4.69, 9.17) is 0 Å². The number of fused-ring (bicyclic) bond motifs is 9. The summed E-state index contributed by atoms with van der Waals surface area (Å²) in [6.07, 6.45) is 0.904. The van der Waals surface area contributed by atoms with Crippen LogP contribution in [-0.4, -0.2) is 11.3 Å². The molecule has 112 heavy (non-hydrogen) atoms. The molecule has 0 amide bonds. The maximum atomic E-state index is 2.78. The average Bonchev–Trinajstić information content (AvgIpc) is 0.757. The number of para-hydroxylation sites is 2. The Morgan fingerprint density at radius 3 is 0.964 bits per heavy atom. The van der Waals surface area contributed by atoms with Crippen molar-refractivity contribution in [3.63, 3.8) is 0 Å². The van der Waals surface area contributed by atoms with Gasteiger partial charge in [-0.15, -0.1) is 0 Å². The first-order chi connectivity index (χ1) is 53.0. The van der Waals surface area contributed by atoms with Crippen molar-refractivity contribution in [2.75, 3.05) is 9.80 Å². The first-order valence-corrected chi connectivity index (χ1v) is 41.0. The van der Waals surface area contributed by atoms with Crippen molar-refractivity contribution in [2.24, 2.45) is 0 Å². The molecular formula is C108H110BN3. The van der Waals surface area contributed by atoms with E-state index in [9.17, 15) is 0 Å². The van der Waals surface area contributed by atoms with Crippen molar-refractivity contribution in [3.8, 4) is 50.2 Å². The van der Waals surface area contributed by atoms with Gasteiger partial charge in [-0.05, 0) is 204 Å². The second kappa shape index (κ2) is 26.5. The van der Waals surface area contributed by atoms with Crippen molar-refractivity contribution in [1.82, 2.24) is 4.57 Å². The summed E-state index contributed by atoms with van der Waals surface area (Å²) in [6, 6.07) is 106. The Morgan fingerprint density at radius 2 is 0.607 bits per heavy atom. The van der Waals surface area contributed by atoms with Crippen molar-refractivity contribution in [1.29, 1.82) is 0 Å². The molecule has 4 heteroatoms. The van der Waals surface area contributed by atoms with Crippen molar-refractivity contribution >= 4 is 79.0 Å². The molecule has 0 radical (unpaired) electrons. The van der Waals surface area contributed by atoms with Crippen LogP contribution in [0, 0.1) is 0 Å². The maximum absolute atomic E-state index is 2.78. The van der Waals surface area contributed by atoms with Gasteiger partial charge in [0.05, 0.1) is 22.4 Å². The highest BCUT2D eigenvalue weighted by atomic mass is 15.2. The molecule has 13 aromatic carbocycles. The van der Waals surface area contributed by atoms with Crippen LogP contribution in [0.3, 0.4) is 0 Å². The third-order valence-corrected chi connectivity index (χ3v) is 24.9. The van der Waals surface area contributed by atoms with Crippen LogP contribution in [0.5, 0.6) is 0 Å². The minimum atomic E-state index is -0.333. The van der Waals surface area contributed by atoms with Crippen LogP contribution in [0.4, 0.5) is 34.1 Å². The Labute approximate surface area is 668 Å². The molecule has 2 aliphatic heterocycles. The molecule has 0 bridgehead atoms. The van der Waals surface area contributed by atoms with Gasteiger partial charge in [0, 0.05) is 67.4 Å². The molecule has 3 nitrogen and oxygen atoms in total. The van der Waals surface area contributed by atoms with Gasteiger partial charge in [-0.3, -0.25) is 0 Å². The molecule has 1 aromatic heterocycles. The van der Waals surface area contributed by atoms with E-state index in [0.29, 0.717) is 0 Å². The van der Waals surface area contributed by atoms with Gasteiger partial charge in [-0.1, -0.05) is 358 Å². The van der Waals surface area contributed by atoms with Gasteiger partial charge in [0.15, 0.2) is 0 Å². The van der Waals surface area contributed by atoms with Crippen LogP contribution < -0.4 is 26.2 Å². The summed E-state index contributed by atoms with van der Waals surface area (Å²) in [5.74, 6) is -0.0116. The number of anilines is 6. The van der Waals surface area contributed by atoms with Gasteiger partial charge >= 0.3 is 0 Å². The first kappa shape index (κ1) is 74.1. The minimum Gasteiger partial charge on any atom is -0.310 e. The van der Waals surface area contributed by atoms with Crippen LogP contribution in [0.2, 0.25) is 0 Å². The molecule has 14 aromatic rings. The highest BCUT2D eigenvalue weighted by molar-refractivity contribution is 7.00. The van der Waals surface area contributed by atoms with E-state index in [1.54, 1.807) is 0 Å². The number of nitrogens with zero attached hydrogens (tertiary/aromatic N) is 3. The summed E-state index contributed by atoms with van der Waals surface area (Å²) in [5, 5.41) is 2.54. The van der Waals surface area contributed by atoms with Crippen molar-refractivity contribution in [2.45, 2.75) is 196 Å². The molecule has 560 valence electrons. The molecule has 0 saturated carbocycles. The third-order valence-electron chi connectivity index (χ3n) is 24.9. The summed E-state index contributed by atoms with van der Waals surface area (Å²) < 4.78 is 2.58. The van der Waals surface area contributed by atoms with Crippen LogP contribution in [-0.2, 0) is 44.3 Å². The zero-order valence-corrected chi connectivity index (χ0v) is 70.1. The van der Waals surface area contributed by atoms with Crippen LogP contribution in [0.15, 0.2) is 267 Å². The third kappa shape index (κ3) is 12.9. The molecule has 17 rings (SSSR count). The predicted molar refractivity (Wildman–Crippen MR) is 484 cm³/mol. The standard InChI is InChI=1S/C108H110BN3/c1-102(2,3)74-45-36-67(37-46-74)84-32-26-33-85(68-38-47-75(48-39-68)103(4,5)6)100(84)111-94-61-73(98-82-30-24-22-28-71(82)60-72-29-23-25-31-83(72)98)44-56-90(94)109-91-57-55-81(110-92-58-53-78(106(13,14)15)62-88(92)89-63-79(107(16,17)18)54-59-93(89)110)66-95(91)112(97-65-80(108(19,20)21)64-96(111)99(97)109)101-86(69-40-49-76(50-41-69)104(7,8)9)34-27-35-87(101)70-42-51-77(52-43-70)105(10,11)12/h22-59,61-66,98H,60H2,1-21H3. The molecule has 3 aliphatic rings. The smallest absolute Gasteiger partial charge is 0.252 e. The molecule has 0 fully saturated rings. The number of hydrogen-bond donors (Lipinski definition) is 0. The van der Waals surface area contributed by atoms with E-state index in [-0.39, 0.29) is 50.5 Å². The molecule has 0 saturated heterocycles. The molecule has 3 heterocycles. The van der Waals surface area contributed by atoms with E-state index in [0.717, 1.165) is 29.2 Å². The lowest BCUT2D eigenvalue weighted by atomic mass is 9.33. The Hall–Kier alpha value is -10.7. The highest BCUT2D eigenvalue weighted by Gasteiger charge is 2.47. The SMILES string of the molecule is CC(C)(C)c1ccc(-c2cccc(-c3ccc(C(C)(C)C)cc3)c2N2c3cc(C4c5ccccc5Cc5ccccc54)ccc3B3c4ccc(-n5c6ccc(C(C)(C)C)cc6c6cc(C(C)(C)C)ccc65)cc4N(c4c(-c5ccc(C(C)(C)C)cc5)cccc4-c4ccc(C(C)(C)C)cc4)c4cc(C(C)(C)C)cc2c43)cc1. The minimum absolute atomic E-state index is 0.0116. The monoisotopic (exact) mass is 1460 g/mol. The lowest BCUT2D eigenvalue weighted by molar-refractivity contribution is 0.590. The largest absolute Gasteiger partial charge is 0.310 e. The zero-order valence-electron chi connectivity index (χ0n) is 70.1. The van der Waals surface area contributed by atoms with Gasteiger partial charge in [-0.2, -0.15) is 0 Å². The fourth-order valence-electron chi connectivity index (χ4n) is 18.2. The fourth-order valence-corrected chi connectivity index (χ4v) is 18.2. The summed E-state index contributed by atoms with van der Waals surface area (Å²) >= 11 is 0. The summed E-state index contributed by atoms with van der Waals surface area (Å²) in [5.41, 5.74) is 39.0. The Balaban J connectivity index is 1.04. The second-order valence-corrected chi connectivity index (χ2v) is 39.9. The molecule has 1 aliphatic carbocycles. The maximum Gasteiger partial charge on any atom is 0.252 e. The van der Waals surface area contributed by atoms with E-state index < -0.39 is 0 Å². The first-order valence-electron chi connectivity index (χ1n) is 41.0. The van der Waals surface area contributed by atoms with Gasteiger partial charge in [0.1, 0.15) is 0 Å². The van der Waals surface area contributed by atoms with E-state index >= 15 is 0 Å². The Bertz CT molecular complexity index is 5780. The van der Waals surface area contributed by atoms with Gasteiger partial charge in [0.2, 0.25) is 0 Å². The Kier molecular flexibility index (Phi) is 17.5. The van der Waals surface area contributed by atoms with E-state index in [2.05, 4.69) is 427 Å². The van der Waals surface area contributed by atoms with Crippen molar-refractivity contribution < 1.29 is 0 Å². The molecule has 0 unspecified atom stereocenters. The second-order valence-electron chi connectivity index (χ2n) is 39.9. The number of aromatic nitrogens is 1. The molecule has 0 spiro atoms. The lowest BCUT2D eigenvalue weighted by Crippen LogP contribution is -2.61. The van der Waals surface area contributed by atoms with Gasteiger partial charge in [-0.25, -0.2) is 0 Å². The summed E-state index contributed by atoms with van der Waals surface area (Å²) in [7, 11) is 0. The van der Waals surface area contributed by atoms with Gasteiger partial charge in [0.25, 0.3) is 6.71 Å². The number of benzene rings is 13. The van der Waals surface area contributed by atoms with Crippen LogP contribution in [0.25, 0.3) is 72.0 Å². The van der Waals surface area contributed by atoms with Crippen molar-refractivity contribution in [3.05, 3.63) is 334 Å². The summed E-state index contributed by atoms with van der Waals surface area (Å²) in [4.78, 5) is 5.55. The van der Waals surface area contributed by atoms with Gasteiger partial charge < -0.3 is 14.4 Å². The number of hydrogen-bond acceptors (Lipinski definition) is 2. The van der Waals surface area contributed by atoms with Crippen LogP contribution >= 0.6 is 0 Å². The average molecular weight is 1460 g/mol. The number of rotatable bonds is 8. The van der Waals surface area contributed by atoms with E-state index in [1.165, 1.54) is 167 Å². The highest BCUT2D eigenvalue weighted by Crippen LogP contribution is 2.56. The Morgan fingerprint density at radius 1 is 0.277 bits per heavy atom. The molecular weight excluding hydrogens is 1350 g/mol.